The molecule has 0 aliphatic heterocycles. The van der Waals surface area contributed by atoms with Gasteiger partial charge in [0.2, 0.25) is 10.0 Å². The number of hydrogen-bond acceptors (Lipinski definition) is 3. The highest BCUT2D eigenvalue weighted by Crippen LogP contribution is 2.20. The van der Waals surface area contributed by atoms with Gasteiger partial charge in [0.15, 0.2) is 0 Å². The first-order valence-corrected chi connectivity index (χ1v) is 8.31. The molecule has 19 heavy (non-hydrogen) atoms. The quantitative estimate of drug-likeness (QED) is 0.705. The predicted molar refractivity (Wildman–Crippen MR) is 75.6 cm³/mol. The Kier molecular flexibility index (Phi) is 6.38. The van der Waals surface area contributed by atoms with Gasteiger partial charge in [0, 0.05) is 25.5 Å². The summed E-state index contributed by atoms with van der Waals surface area (Å²) in [6, 6.07) is 3.67. The zero-order chi connectivity index (χ0) is 14.5. The predicted octanol–water partition coefficient (Wildman–Crippen LogP) is 2.17. The van der Waals surface area contributed by atoms with Crippen LogP contribution in [-0.4, -0.2) is 44.9 Å². The van der Waals surface area contributed by atoms with Crippen LogP contribution in [-0.2, 0) is 14.8 Å². The molecular weight excluding hydrogens is 337 g/mol. The third kappa shape index (κ3) is 4.24. The van der Waals surface area contributed by atoms with Crippen LogP contribution >= 0.6 is 15.9 Å². The van der Waals surface area contributed by atoms with Crippen molar-refractivity contribution in [2.75, 3.05) is 32.1 Å². The second kappa shape index (κ2) is 7.33. The van der Waals surface area contributed by atoms with Gasteiger partial charge in [-0.2, -0.15) is 4.31 Å². The maximum atomic E-state index is 13.1. The molecule has 0 atom stereocenters. The molecule has 1 aromatic rings. The van der Waals surface area contributed by atoms with Gasteiger partial charge >= 0.3 is 0 Å². The van der Waals surface area contributed by atoms with E-state index in [1.165, 1.54) is 23.5 Å². The van der Waals surface area contributed by atoms with E-state index in [2.05, 4.69) is 15.9 Å². The van der Waals surface area contributed by atoms with Gasteiger partial charge in [-0.15, -0.1) is 0 Å². The number of ether oxygens (including phenoxy) is 1. The molecule has 0 spiro atoms. The highest BCUT2D eigenvalue weighted by Gasteiger charge is 2.25. The Morgan fingerprint density at radius 3 is 2.58 bits per heavy atom. The van der Waals surface area contributed by atoms with Crippen molar-refractivity contribution in [2.45, 2.75) is 11.8 Å². The van der Waals surface area contributed by atoms with E-state index in [0.717, 1.165) is 6.07 Å². The second-order valence-electron chi connectivity index (χ2n) is 4.00. The molecule has 0 bridgehead atoms. The third-order valence-electron chi connectivity index (χ3n) is 2.63. The van der Waals surface area contributed by atoms with E-state index in [-0.39, 0.29) is 11.4 Å². The van der Waals surface area contributed by atoms with Crippen molar-refractivity contribution in [1.82, 2.24) is 4.31 Å². The monoisotopic (exact) mass is 353 g/mol. The summed E-state index contributed by atoms with van der Waals surface area (Å²) in [4.78, 5) is 0.131. The summed E-state index contributed by atoms with van der Waals surface area (Å²) in [7, 11) is -2.11. The summed E-state index contributed by atoms with van der Waals surface area (Å²) in [5.74, 6) is -0.444. The van der Waals surface area contributed by atoms with Crippen LogP contribution in [0.4, 0.5) is 4.39 Å². The molecule has 7 heteroatoms. The SMILES string of the molecule is COCCN(CCBr)S(=O)(=O)c1ccc(F)cc1C. The van der Waals surface area contributed by atoms with Crippen molar-refractivity contribution in [2.24, 2.45) is 0 Å². The maximum Gasteiger partial charge on any atom is 0.243 e. The topological polar surface area (TPSA) is 46.6 Å². The van der Waals surface area contributed by atoms with Crippen molar-refractivity contribution in [1.29, 1.82) is 0 Å². The van der Waals surface area contributed by atoms with Crippen molar-refractivity contribution >= 4 is 26.0 Å². The number of benzene rings is 1. The number of nitrogens with zero attached hydrogens (tertiary/aromatic N) is 1. The van der Waals surface area contributed by atoms with Crippen molar-refractivity contribution < 1.29 is 17.5 Å². The number of methoxy groups -OCH3 is 1. The van der Waals surface area contributed by atoms with Gasteiger partial charge < -0.3 is 4.74 Å². The standard InChI is InChI=1S/C12H17BrFNO3S/c1-10-9-11(14)3-4-12(10)19(16,17)15(6-5-13)7-8-18-2/h3-4,9H,5-8H2,1-2H3. The van der Waals surface area contributed by atoms with E-state index in [9.17, 15) is 12.8 Å². The summed E-state index contributed by atoms with van der Waals surface area (Å²) >= 11 is 3.23. The molecule has 0 saturated heterocycles. The lowest BCUT2D eigenvalue weighted by Gasteiger charge is -2.22. The highest BCUT2D eigenvalue weighted by molar-refractivity contribution is 9.09. The van der Waals surface area contributed by atoms with Gasteiger partial charge in [-0.05, 0) is 30.7 Å². The largest absolute Gasteiger partial charge is 0.383 e. The average Bonchev–Trinajstić information content (AvgIpc) is 2.33. The van der Waals surface area contributed by atoms with E-state index in [0.29, 0.717) is 24.0 Å². The van der Waals surface area contributed by atoms with Crippen LogP contribution in [0.2, 0.25) is 0 Å². The van der Waals surface area contributed by atoms with Crippen LogP contribution in [0, 0.1) is 12.7 Å². The number of hydrogen-bond donors (Lipinski definition) is 0. The molecule has 0 aliphatic rings. The summed E-state index contributed by atoms with van der Waals surface area (Å²) in [6.07, 6.45) is 0. The minimum absolute atomic E-state index is 0.131. The first kappa shape index (κ1) is 16.6. The number of halogens is 2. The summed E-state index contributed by atoms with van der Waals surface area (Å²) in [6.45, 7) is 2.49. The molecule has 0 saturated carbocycles. The van der Waals surface area contributed by atoms with Crippen molar-refractivity contribution in [3.8, 4) is 0 Å². The molecule has 0 N–H and O–H groups in total. The third-order valence-corrected chi connectivity index (χ3v) is 5.05. The van der Waals surface area contributed by atoms with Gasteiger partial charge in [0.1, 0.15) is 5.82 Å². The number of alkyl halides is 1. The Balaban J connectivity index is 3.11. The smallest absolute Gasteiger partial charge is 0.243 e. The van der Waals surface area contributed by atoms with Gasteiger partial charge in [-0.1, -0.05) is 15.9 Å². The van der Waals surface area contributed by atoms with E-state index in [4.69, 9.17) is 4.74 Å². The van der Waals surface area contributed by atoms with E-state index in [1.807, 2.05) is 0 Å². The first-order chi connectivity index (χ1) is 8.93. The molecule has 0 heterocycles. The number of rotatable bonds is 7. The molecule has 1 rings (SSSR count). The molecule has 0 amide bonds. The van der Waals surface area contributed by atoms with Gasteiger partial charge in [-0.25, -0.2) is 12.8 Å². The van der Waals surface area contributed by atoms with Crippen LogP contribution in [0.5, 0.6) is 0 Å². The summed E-state index contributed by atoms with van der Waals surface area (Å²) in [5, 5.41) is 0.524. The van der Waals surface area contributed by atoms with Crippen LogP contribution in [0.1, 0.15) is 5.56 Å². The molecule has 0 fully saturated rings. The molecule has 0 aliphatic carbocycles. The molecule has 1 aromatic carbocycles. The first-order valence-electron chi connectivity index (χ1n) is 5.74. The lowest BCUT2D eigenvalue weighted by atomic mass is 10.2. The lowest BCUT2D eigenvalue weighted by molar-refractivity contribution is 0.180. The average molecular weight is 354 g/mol. The zero-order valence-electron chi connectivity index (χ0n) is 10.9. The van der Waals surface area contributed by atoms with Gasteiger partial charge in [-0.3, -0.25) is 0 Å². The van der Waals surface area contributed by atoms with Gasteiger partial charge in [0.25, 0.3) is 0 Å². The van der Waals surface area contributed by atoms with Crippen LogP contribution in [0.3, 0.4) is 0 Å². The number of aryl methyl sites for hydroxylation is 1. The number of sulfonamides is 1. The Morgan fingerprint density at radius 1 is 1.37 bits per heavy atom. The van der Waals surface area contributed by atoms with Crippen LogP contribution < -0.4 is 0 Å². The van der Waals surface area contributed by atoms with E-state index < -0.39 is 15.8 Å². The van der Waals surface area contributed by atoms with E-state index >= 15 is 0 Å². The Bertz CT molecular complexity index is 522. The Labute approximate surface area is 121 Å². The fraction of sp³-hybridized carbons (Fsp3) is 0.500. The molecular formula is C12H17BrFNO3S. The summed E-state index contributed by atoms with van der Waals surface area (Å²) in [5.41, 5.74) is 0.400. The molecule has 0 unspecified atom stereocenters. The maximum absolute atomic E-state index is 13.1. The molecule has 0 radical (unpaired) electrons. The molecule has 0 aromatic heterocycles. The highest BCUT2D eigenvalue weighted by atomic mass is 79.9. The van der Waals surface area contributed by atoms with E-state index in [1.54, 1.807) is 6.92 Å². The lowest BCUT2D eigenvalue weighted by Crippen LogP contribution is -2.35. The molecule has 108 valence electrons. The van der Waals surface area contributed by atoms with Crippen LogP contribution in [0.15, 0.2) is 23.1 Å². The second-order valence-corrected chi connectivity index (χ2v) is 6.70. The minimum Gasteiger partial charge on any atom is -0.383 e. The van der Waals surface area contributed by atoms with Gasteiger partial charge in [0.05, 0.1) is 11.5 Å². The Morgan fingerprint density at radius 2 is 2.05 bits per heavy atom. The normalized spacial score (nSPS) is 12.1. The van der Waals surface area contributed by atoms with Crippen molar-refractivity contribution in [3.05, 3.63) is 29.6 Å². The van der Waals surface area contributed by atoms with Crippen molar-refractivity contribution in [3.63, 3.8) is 0 Å². The Hall–Kier alpha value is -0.500. The fourth-order valence-electron chi connectivity index (χ4n) is 1.68. The minimum atomic E-state index is -3.63. The fourth-order valence-corrected chi connectivity index (χ4v) is 3.97. The zero-order valence-corrected chi connectivity index (χ0v) is 13.3. The summed E-state index contributed by atoms with van der Waals surface area (Å²) < 4.78 is 44.3. The molecule has 4 nitrogen and oxygen atoms in total. The van der Waals surface area contributed by atoms with Crippen LogP contribution in [0.25, 0.3) is 0 Å².